The topological polar surface area (TPSA) is 110 Å². The maximum Gasteiger partial charge on any atom is 0.271 e. The van der Waals surface area contributed by atoms with Crippen LogP contribution in [-0.2, 0) is 21.2 Å². The van der Waals surface area contributed by atoms with E-state index < -0.39 is 26.9 Å². The quantitative estimate of drug-likeness (QED) is 0.448. The number of amides is 1. The third-order valence-electron chi connectivity index (χ3n) is 4.67. The molecule has 1 N–H and O–H groups in total. The highest BCUT2D eigenvalue weighted by Crippen LogP contribution is 2.27. The molecule has 9 heteroatoms. The van der Waals surface area contributed by atoms with Gasteiger partial charge in [-0.1, -0.05) is 38.5 Å². The molecule has 162 valence electrons. The summed E-state index contributed by atoms with van der Waals surface area (Å²) in [6.45, 7) is 3.81. The van der Waals surface area contributed by atoms with Gasteiger partial charge in [0, 0.05) is 17.8 Å². The first-order valence-corrected chi connectivity index (χ1v) is 11.7. The lowest BCUT2D eigenvalue weighted by Crippen LogP contribution is -2.47. The number of non-ortho nitro benzene ring substituents is 1. The number of hydrogen-bond acceptors (Lipinski definition) is 5. The van der Waals surface area contributed by atoms with E-state index in [4.69, 9.17) is 0 Å². The lowest BCUT2D eigenvalue weighted by molar-refractivity contribution is -0.384. The number of nitrogens with zero attached hydrogens (tertiary/aromatic N) is 2. The van der Waals surface area contributed by atoms with E-state index in [1.165, 1.54) is 18.2 Å². The molecule has 0 heterocycles. The van der Waals surface area contributed by atoms with Crippen molar-refractivity contribution in [3.63, 3.8) is 0 Å². The Morgan fingerprint density at radius 1 is 1.17 bits per heavy atom. The largest absolute Gasteiger partial charge is 0.324 e. The number of hydrogen-bond donors (Lipinski definition) is 1. The Labute approximate surface area is 177 Å². The minimum absolute atomic E-state index is 0.0728. The van der Waals surface area contributed by atoms with E-state index in [9.17, 15) is 23.3 Å². The summed E-state index contributed by atoms with van der Waals surface area (Å²) in [5, 5.41) is 13.8. The van der Waals surface area contributed by atoms with Crippen molar-refractivity contribution in [2.24, 2.45) is 0 Å². The third-order valence-corrected chi connectivity index (χ3v) is 5.85. The molecule has 1 amide bonds. The van der Waals surface area contributed by atoms with Crippen LogP contribution >= 0.6 is 0 Å². The third kappa shape index (κ3) is 6.03. The van der Waals surface area contributed by atoms with Crippen molar-refractivity contribution < 1.29 is 18.1 Å². The van der Waals surface area contributed by atoms with Crippen LogP contribution in [0.2, 0.25) is 0 Å². The van der Waals surface area contributed by atoms with Gasteiger partial charge in [-0.3, -0.25) is 19.2 Å². The number of anilines is 2. The van der Waals surface area contributed by atoms with E-state index in [2.05, 4.69) is 12.2 Å². The summed E-state index contributed by atoms with van der Waals surface area (Å²) < 4.78 is 25.9. The Kier molecular flexibility index (Phi) is 7.93. The van der Waals surface area contributed by atoms with E-state index in [1.54, 1.807) is 19.1 Å². The van der Waals surface area contributed by atoms with E-state index >= 15 is 0 Å². The van der Waals surface area contributed by atoms with Gasteiger partial charge >= 0.3 is 0 Å². The second kappa shape index (κ2) is 10.2. The number of carbonyl (C=O) groups excluding carboxylic acids is 1. The van der Waals surface area contributed by atoms with Crippen LogP contribution in [0.4, 0.5) is 17.1 Å². The van der Waals surface area contributed by atoms with Gasteiger partial charge in [0.05, 0.1) is 16.9 Å². The monoisotopic (exact) mass is 433 g/mol. The highest BCUT2D eigenvalue weighted by Gasteiger charge is 2.32. The molecule has 0 radical (unpaired) electrons. The Bertz CT molecular complexity index is 990. The average molecular weight is 434 g/mol. The summed E-state index contributed by atoms with van der Waals surface area (Å²) in [5.41, 5.74) is 1.55. The molecular formula is C21H27N3O5S. The molecule has 0 saturated carbocycles. The van der Waals surface area contributed by atoms with Crippen molar-refractivity contribution in [1.29, 1.82) is 0 Å². The fraction of sp³-hybridized carbons (Fsp3) is 0.381. The number of unbranched alkanes of at least 4 members (excludes halogenated alkanes) is 1. The van der Waals surface area contributed by atoms with Gasteiger partial charge in [-0.15, -0.1) is 0 Å². The lowest BCUT2D eigenvalue weighted by Gasteiger charge is -2.30. The number of nitrogens with one attached hydrogen (secondary N) is 1. The summed E-state index contributed by atoms with van der Waals surface area (Å²) in [6.07, 6.45) is 4.29. The number of aryl methyl sites for hydroxylation is 1. The smallest absolute Gasteiger partial charge is 0.271 e. The normalized spacial score (nSPS) is 12.2. The highest BCUT2D eigenvalue weighted by atomic mass is 32.2. The van der Waals surface area contributed by atoms with Crippen molar-refractivity contribution in [2.75, 3.05) is 15.9 Å². The van der Waals surface area contributed by atoms with E-state index in [1.807, 2.05) is 12.1 Å². The fourth-order valence-electron chi connectivity index (χ4n) is 3.17. The van der Waals surface area contributed by atoms with E-state index in [0.717, 1.165) is 41.5 Å². The first-order chi connectivity index (χ1) is 14.2. The van der Waals surface area contributed by atoms with Crippen LogP contribution in [0.15, 0.2) is 48.5 Å². The molecule has 2 aromatic carbocycles. The SMILES string of the molecule is CCCCc1ccc(NC(=O)[C@H](CC)N(c2cccc([N+](=O)[O-])c2)S(C)(=O)=O)cc1. The van der Waals surface area contributed by atoms with Crippen molar-refractivity contribution in [2.45, 2.75) is 45.6 Å². The number of nitro benzene ring substituents is 1. The standard InChI is InChI=1S/C21H27N3O5S/c1-4-6-8-16-11-13-17(14-12-16)22-21(25)20(5-2)23(30(3,28)29)18-9-7-10-19(15-18)24(26)27/h7,9-15,20H,4-6,8H2,1-3H3,(H,22,25)/t20-/m0/s1. The molecule has 2 rings (SSSR count). The molecule has 30 heavy (non-hydrogen) atoms. The molecule has 0 aromatic heterocycles. The molecule has 0 aliphatic carbocycles. The molecule has 0 unspecified atom stereocenters. The van der Waals surface area contributed by atoms with Crippen LogP contribution in [0.3, 0.4) is 0 Å². The van der Waals surface area contributed by atoms with Gasteiger partial charge in [0.15, 0.2) is 0 Å². The molecule has 0 aliphatic heterocycles. The minimum atomic E-state index is -3.88. The van der Waals surface area contributed by atoms with Gasteiger partial charge in [-0.2, -0.15) is 0 Å². The first kappa shape index (κ1) is 23.3. The predicted molar refractivity (Wildman–Crippen MR) is 118 cm³/mol. The highest BCUT2D eigenvalue weighted by molar-refractivity contribution is 7.92. The summed E-state index contributed by atoms with van der Waals surface area (Å²) in [6, 6.07) is 11.6. The molecule has 2 aromatic rings. The molecule has 0 saturated heterocycles. The van der Waals surface area contributed by atoms with Gasteiger partial charge in [0.2, 0.25) is 15.9 Å². The van der Waals surface area contributed by atoms with Crippen molar-refractivity contribution in [3.05, 3.63) is 64.2 Å². The second-order valence-electron chi connectivity index (χ2n) is 7.05. The fourth-order valence-corrected chi connectivity index (χ4v) is 4.37. The Morgan fingerprint density at radius 3 is 2.37 bits per heavy atom. The summed E-state index contributed by atoms with van der Waals surface area (Å²) in [7, 11) is -3.88. The maximum absolute atomic E-state index is 12.9. The van der Waals surface area contributed by atoms with Crippen molar-refractivity contribution in [1.82, 2.24) is 0 Å². The van der Waals surface area contributed by atoms with Crippen LogP contribution < -0.4 is 9.62 Å². The van der Waals surface area contributed by atoms with Crippen LogP contribution in [0.5, 0.6) is 0 Å². The first-order valence-electron chi connectivity index (χ1n) is 9.81. The maximum atomic E-state index is 12.9. The second-order valence-corrected chi connectivity index (χ2v) is 8.91. The zero-order chi connectivity index (χ0) is 22.3. The number of carbonyl (C=O) groups is 1. The molecule has 8 nitrogen and oxygen atoms in total. The zero-order valence-corrected chi connectivity index (χ0v) is 18.2. The van der Waals surface area contributed by atoms with Crippen LogP contribution in [0.25, 0.3) is 0 Å². The van der Waals surface area contributed by atoms with Crippen LogP contribution in [-0.4, -0.2) is 31.5 Å². The number of nitro groups is 1. The minimum Gasteiger partial charge on any atom is -0.324 e. The van der Waals surface area contributed by atoms with Crippen LogP contribution in [0, 0.1) is 10.1 Å². The van der Waals surface area contributed by atoms with Crippen molar-refractivity contribution in [3.8, 4) is 0 Å². The van der Waals surface area contributed by atoms with E-state index in [0.29, 0.717) is 5.69 Å². The number of rotatable bonds is 10. The zero-order valence-electron chi connectivity index (χ0n) is 17.4. The molecule has 0 spiro atoms. The molecule has 0 bridgehead atoms. The molecular weight excluding hydrogens is 406 g/mol. The molecule has 1 atom stereocenters. The van der Waals surface area contributed by atoms with Gasteiger partial charge in [-0.25, -0.2) is 8.42 Å². The van der Waals surface area contributed by atoms with Crippen LogP contribution in [0.1, 0.15) is 38.7 Å². The lowest BCUT2D eigenvalue weighted by atomic mass is 10.1. The number of sulfonamides is 1. The summed E-state index contributed by atoms with van der Waals surface area (Å²) in [4.78, 5) is 23.4. The summed E-state index contributed by atoms with van der Waals surface area (Å²) in [5.74, 6) is -0.504. The summed E-state index contributed by atoms with van der Waals surface area (Å²) >= 11 is 0. The predicted octanol–water partition coefficient (Wildman–Crippen LogP) is 4.12. The van der Waals surface area contributed by atoms with Gasteiger partial charge < -0.3 is 5.32 Å². The van der Waals surface area contributed by atoms with Gasteiger partial charge in [0.1, 0.15) is 6.04 Å². The molecule has 0 fully saturated rings. The molecule has 0 aliphatic rings. The van der Waals surface area contributed by atoms with Crippen molar-refractivity contribution >= 4 is 33.0 Å². The Balaban J connectivity index is 2.30. The number of benzene rings is 2. The Hall–Kier alpha value is -2.94. The van der Waals surface area contributed by atoms with Gasteiger partial charge in [0.25, 0.3) is 5.69 Å². The Morgan fingerprint density at radius 2 is 1.83 bits per heavy atom. The average Bonchev–Trinajstić information content (AvgIpc) is 2.70. The van der Waals surface area contributed by atoms with Gasteiger partial charge in [-0.05, 0) is 43.0 Å². The van der Waals surface area contributed by atoms with E-state index in [-0.39, 0.29) is 17.8 Å².